The van der Waals surface area contributed by atoms with Crippen LogP contribution in [0.1, 0.15) is 28.0 Å². The molecular weight excluding hydrogens is 238 g/mol. The molecule has 0 saturated heterocycles. The SMILES string of the molecule is CNCc1occc1COc1cc(C)cc(C)c1C. The van der Waals surface area contributed by atoms with Crippen LogP contribution >= 0.6 is 0 Å². The molecule has 1 heterocycles. The van der Waals surface area contributed by atoms with Crippen molar-refractivity contribution in [3.8, 4) is 5.75 Å². The summed E-state index contributed by atoms with van der Waals surface area (Å²) in [6, 6.07) is 6.22. The zero-order valence-electron chi connectivity index (χ0n) is 12.0. The van der Waals surface area contributed by atoms with Gasteiger partial charge in [0.1, 0.15) is 18.1 Å². The van der Waals surface area contributed by atoms with E-state index in [1.165, 1.54) is 16.7 Å². The van der Waals surface area contributed by atoms with E-state index in [-0.39, 0.29) is 0 Å². The van der Waals surface area contributed by atoms with Crippen LogP contribution in [0.5, 0.6) is 5.75 Å². The molecule has 0 spiro atoms. The number of ether oxygens (including phenoxy) is 1. The van der Waals surface area contributed by atoms with Gasteiger partial charge in [-0.15, -0.1) is 0 Å². The molecule has 2 rings (SSSR count). The average molecular weight is 259 g/mol. The summed E-state index contributed by atoms with van der Waals surface area (Å²) < 4.78 is 11.4. The van der Waals surface area contributed by atoms with Crippen molar-refractivity contribution in [3.63, 3.8) is 0 Å². The number of furan rings is 1. The van der Waals surface area contributed by atoms with E-state index in [1.54, 1.807) is 6.26 Å². The topological polar surface area (TPSA) is 34.4 Å². The molecule has 1 N–H and O–H groups in total. The highest BCUT2D eigenvalue weighted by atomic mass is 16.5. The molecule has 0 fully saturated rings. The lowest BCUT2D eigenvalue weighted by atomic mass is 10.1. The lowest BCUT2D eigenvalue weighted by molar-refractivity contribution is 0.299. The Kier molecular flexibility index (Phi) is 4.27. The Hall–Kier alpha value is -1.74. The minimum Gasteiger partial charge on any atom is -0.488 e. The van der Waals surface area contributed by atoms with E-state index in [1.807, 2.05) is 13.1 Å². The van der Waals surface area contributed by atoms with Gasteiger partial charge in [0, 0.05) is 5.56 Å². The first-order valence-corrected chi connectivity index (χ1v) is 6.52. The highest BCUT2D eigenvalue weighted by Crippen LogP contribution is 2.24. The molecule has 0 unspecified atom stereocenters. The Balaban J connectivity index is 2.12. The number of hydrogen-bond donors (Lipinski definition) is 1. The van der Waals surface area contributed by atoms with Crippen LogP contribution in [0.4, 0.5) is 0 Å². The quantitative estimate of drug-likeness (QED) is 0.892. The fraction of sp³-hybridized carbons (Fsp3) is 0.375. The smallest absolute Gasteiger partial charge is 0.124 e. The fourth-order valence-corrected chi connectivity index (χ4v) is 2.12. The Bertz CT molecular complexity index is 558. The predicted octanol–water partition coefficient (Wildman–Crippen LogP) is 3.50. The third-order valence-electron chi connectivity index (χ3n) is 3.32. The highest BCUT2D eigenvalue weighted by molar-refractivity contribution is 5.42. The number of rotatable bonds is 5. The van der Waals surface area contributed by atoms with Crippen molar-refractivity contribution in [1.82, 2.24) is 5.32 Å². The molecule has 2 aromatic rings. The molecule has 3 heteroatoms. The van der Waals surface area contributed by atoms with Crippen LogP contribution in [-0.4, -0.2) is 7.05 Å². The van der Waals surface area contributed by atoms with Gasteiger partial charge in [-0.25, -0.2) is 0 Å². The van der Waals surface area contributed by atoms with Gasteiger partial charge in [0.25, 0.3) is 0 Å². The lowest BCUT2D eigenvalue weighted by Crippen LogP contribution is -2.07. The zero-order chi connectivity index (χ0) is 13.8. The van der Waals surface area contributed by atoms with E-state index in [2.05, 4.69) is 38.2 Å². The fourth-order valence-electron chi connectivity index (χ4n) is 2.12. The molecule has 102 valence electrons. The summed E-state index contributed by atoms with van der Waals surface area (Å²) in [4.78, 5) is 0. The van der Waals surface area contributed by atoms with E-state index in [4.69, 9.17) is 9.15 Å². The van der Waals surface area contributed by atoms with Crippen molar-refractivity contribution < 1.29 is 9.15 Å². The van der Waals surface area contributed by atoms with Gasteiger partial charge in [-0.1, -0.05) is 6.07 Å². The zero-order valence-corrected chi connectivity index (χ0v) is 12.0. The molecule has 0 atom stereocenters. The maximum Gasteiger partial charge on any atom is 0.124 e. The van der Waals surface area contributed by atoms with Gasteiger partial charge in [-0.2, -0.15) is 0 Å². The van der Waals surface area contributed by atoms with Crippen molar-refractivity contribution in [2.24, 2.45) is 0 Å². The van der Waals surface area contributed by atoms with E-state index < -0.39 is 0 Å². The molecule has 19 heavy (non-hydrogen) atoms. The first kappa shape index (κ1) is 13.7. The second-order valence-electron chi connectivity index (χ2n) is 4.89. The average Bonchev–Trinajstić information content (AvgIpc) is 2.80. The van der Waals surface area contributed by atoms with Gasteiger partial charge >= 0.3 is 0 Å². The summed E-state index contributed by atoms with van der Waals surface area (Å²) in [5.41, 5.74) is 4.77. The maximum atomic E-state index is 5.94. The third-order valence-corrected chi connectivity index (χ3v) is 3.32. The van der Waals surface area contributed by atoms with Gasteiger partial charge in [0.2, 0.25) is 0 Å². The number of aryl methyl sites for hydroxylation is 2. The van der Waals surface area contributed by atoms with Crippen molar-refractivity contribution >= 4 is 0 Å². The maximum absolute atomic E-state index is 5.94. The van der Waals surface area contributed by atoms with Gasteiger partial charge in [0.15, 0.2) is 0 Å². The summed E-state index contributed by atoms with van der Waals surface area (Å²) in [5.74, 6) is 1.89. The Morgan fingerprint density at radius 3 is 2.74 bits per heavy atom. The molecule has 0 bridgehead atoms. The molecule has 1 aromatic heterocycles. The molecule has 1 aromatic carbocycles. The van der Waals surface area contributed by atoms with Crippen LogP contribution in [0.2, 0.25) is 0 Å². The highest BCUT2D eigenvalue weighted by Gasteiger charge is 2.08. The number of benzene rings is 1. The Morgan fingerprint density at radius 2 is 2.00 bits per heavy atom. The van der Waals surface area contributed by atoms with Crippen molar-refractivity contribution in [3.05, 3.63) is 52.5 Å². The van der Waals surface area contributed by atoms with Crippen molar-refractivity contribution in [2.45, 2.75) is 33.9 Å². The number of hydrogen-bond acceptors (Lipinski definition) is 3. The van der Waals surface area contributed by atoms with Crippen LogP contribution in [0.3, 0.4) is 0 Å². The normalized spacial score (nSPS) is 10.7. The molecule has 3 nitrogen and oxygen atoms in total. The second-order valence-corrected chi connectivity index (χ2v) is 4.89. The largest absolute Gasteiger partial charge is 0.488 e. The minimum absolute atomic E-state index is 0.539. The second kappa shape index (κ2) is 5.93. The van der Waals surface area contributed by atoms with Gasteiger partial charge in [-0.05, 0) is 56.6 Å². The van der Waals surface area contributed by atoms with E-state index >= 15 is 0 Å². The monoisotopic (exact) mass is 259 g/mol. The van der Waals surface area contributed by atoms with Gasteiger partial charge in [0.05, 0.1) is 12.8 Å². The minimum atomic E-state index is 0.539. The Labute approximate surface area is 114 Å². The number of nitrogens with one attached hydrogen (secondary N) is 1. The molecule has 0 saturated carbocycles. The van der Waals surface area contributed by atoms with E-state index in [9.17, 15) is 0 Å². The van der Waals surface area contributed by atoms with Crippen LogP contribution in [0, 0.1) is 20.8 Å². The predicted molar refractivity (Wildman–Crippen MR) is 76.5 cm³/mol. The van der Waals surface area contributed by atoms with Gasteiger partial charge in [-0.3, -0.25) is 0 Å². The first-order chi connectivity index (χ1) is 9.11. The third kappa shape index (κ3) is 3.18. The first-order valence-electron chi connectivity index (χ1n) is 6.52. The van der Waals surface area contributed by atoms with Crippen LogP contribution in [-0.2, 0) is 13.2 Å². The lowest BCUT2D eigenvalue weighted by Gasteiger charge is -2.12. The molecule has 0 aliphatic carbocycles. The van der Waals surface area contributed by atoms with Crippen LogP contribution in [0.15, 0.2) is 28.9 Å². The summed E-state index contributed by atoms with van der Waals surface area (Å²) in [7, 11) is 1.90. The van der Waals surface area contributed by atoms with E-state index in [0.717, 1.165) is 23.6 Å². The summed E-state index contributed by atoms with van der Waals surface area (Å²) in [6.45, 7) is 7.55. The Morgan fingerprint density at radius 1 is 1.21 bits per heavy atom. The molecule has 0 aliphatic rings. The summed E-state index contributed by atoms with van der Waals surface area (Å²) >= 11 is 0. The van der Waals surface area contributed by atoms with E-state index in [0.29, 0.717) is 6.61 Å². The standard InChI is InChI=1S/C16H21NO2/c1-11-7-12(2)13(3)15(8-11)19-10-14-5-6-18-16(14)9-17-4/h5-8,17H,9-10H2,1-4H3. The van der Waals surface area contributed by atoms with Crippen LogP contribution < -0.4 is 10.1 Å². The van der Waals surface area contributed by atoms with Crippen molar-refractivity contribution in [1.29, 1.82) is 0 Å². The summed E-state index contributed by atoms with van der Waals surface area (Å²) in [6.07, 6.45) is 1.71. The van der Waals surface area contributed by atoms with Crippen LogP contribution in [0.25, 0.3) is 0 Å². The molecule has 0 aliphatic heterocycles. The molecule has 0 radical (unpaired) electrons. The summed E-state index contributed by atoms with van der Waals surface area (Å²) in [5, 5.41) is 3.09. The van der Waals surface area contributed by atoms with Crippen molar-refractivity contribution in [2.75, 3.05) is 7.05 Å². The molecule has 0 amide bonds. The molecular formula is C16H21NO2. The van der Waals surface area contributed by atoms with Gasteiger partial charge < -0.3 is 14.5 Å².